The van der Waals surface area contributed by atoms with Gasteiger partial charge in [-0.05, 0) is 103 Å². The Morgan fingerprint density at radius 3 is 2.31 bits per heavy atom. The van der Waals surface area contributed by atoms with Crippen LogP contribution in [0.4, 0.5) is 0 Å². The van der Waals surface area contributed by atoms with Crippen LogP contribution in [0.5, 0.6) is 5.75 Å². The van der Waals surface area contributed by atoms with Gasteiger partial charge in [-0.2, -0.15) is 4.31 Å². The van der Waals surface area contributed by atoms with Gasteiger partial charge in [-0.15, -0.1) is 0 Å². The largest absolute Gasteiger partial charge is 0.491 e. The van der Waals surface area contributed by atoms with Crippen molar-refractivity contribution in [3.8, 4) is 5.75 Å². The fraction of sp³-hybridized carbons (Fsp3) is 0.310. The summed E-state index contributed by atoms with van der Waals surface area (Å²) in [6.45, 7) is 4.45. The predicted molar refractivity (Wildman–Crippen MR) is 163 cm³/mol. The standard InChI is InChI=1S/C29H31BrN4O6S2/c1-20(2)40-23-8-10-24(11-9-23)42(38,39)34-16-14-21(15-17-34)26-18-33(28-25(26)12-13-27(30)31-28)19-41(36,37)32-29(35)22-6-4-3-5-7-22/h3-13,18,20-21H,14-17,19H2,1-2H3,(H,32,35). The first-order valence-corrected chi connectivity index (χ1v) is 17.3. The number of sulfonamides is 2. The first-order chi connectivity index (χ1) is 19.9. The van der Waals surface area contributed by atoms with E-state index in [9.17, 15) is 21.6 Å². The van der Waals surface area contributed by atoms with Crippen molar-refractivity contribution in [3.05, 3.63) is 88.7 Å². The summed E-state index contributed by atoms with van der Waals surface area (Å²) < 4.78 is 63.9. The Morgan fingerprint density at radius 1 is 1.00 bits per heavy atom. The van der Waals surface area contributed by atoms with E-state index in [1.165, 1.54) is 21.0 Å². The van der Waals surface area contributed by atoms with Crippen LogP contribution in [-0.4, -0.2) is 55.8 Å². The van der Waals surface area contributed by atoms with Gasteiger partial charge < -0.3 is 9.30 Å². The van der Waals surface area contributed by atoms with E-state index in [-0.39, 0.29) is 22.5 Å². The molecule has 1 aliphatic heterocycles. The Hall–Kier alpha value is -3.26. The fourth-order valence-electron chi connectivity index (χ4n) is 5.12. The highest BCUT2D eigenvalue weighted by Crippen LogP contribution is 2.36. The number of aromatic nitrogens is 2. The normalized spacial score (nSPS) is 15.2. The summed E-state index contributed by atoms with van der Waals surface area (Å²) in [6, 6.07) is 18.2. The second-order valence-electron chi connectivity index (χ2n) is 10.4. The van der Waals surface area contributed by atoms with Crippen LogP contribution in [0.1, 0.15) is 48.5 Å². The zero-order valence-corrected chi connectivity index (χ0v) is 26.3. The molecule has 10 nitrogen and oxygen atoms in total. The van der Waals surface area contributed by atoms with Crippen molar-refractivity contribution in [3.63, 3.8) is 0 Å². The molecule has 4 aromatic rings. The van der Waals surface area contributed by atoms with Crippen LogP contribution in [-0.2, 0) is 25.9 Å². The van der Waals surface area contributed by atoms with E-state index in [4.69, 9.17) is 4.74 Å². The van der Waals surface area contributed by atoms with E-state index >= 15 is 0 Å². The van der Waals surface area contributed by atoms with Gasteiger partial charge in [0.05, 0.1) is 11.0 Å². The smallest absolute Gasteiger partial charge is 0.264 e. The van der Waals surface area contributed by atoms with E-state index in [1.807, 2.05) is 19.9 Å². The molecular formula is C29H31BrN4O6S2. The first kappa shape index (κ1) is 30.2. The van der Waals surface area contributed by atoms with Gasteiger partial charge in [0.2, 0.25) is 10.0 Å². The van der Waals surface area contributed by atoms with Crippen LogP contribution in [0.2, 0.25) is 0 Å². The van der Waals surface area contributed by atoms with Crippen LogP contribution in [0.3, 0.4) is 0 Å². The molecule has 1 amide bonds. The molecule has 222 valence electrons. The van der Waals surface area contributed by atoms with Gasteiger partial charge in [0.25, 0.3) is 15.9 Å². The number of piperidine rings is 1. The highest BCUT2D eigenvalue weighted by atomic mass is 79.9. The Balaban J connectivity index is 1.33. The van der Waals surface area contributed by atoms with Gasteiger partial charge in [0.1, 0.15) is 21.9 Å². The van der Waals surface area contributed by atoms with Crippen LogP contribution in [0.25, 0.3) is 11.0 Å². The number of rotatable bonds is 9. The summed E-state index contributed by atoms with van der Waals surface area (Å²) in [5.41, 5.74) is 1.58. The summed E-state index contributed by atoms with van der Waals surface area (Å²) in [5, 5.41) is 0.782. The second kappa shape index (κ2) is 12.2. The molecule has 0 radical (unpaired) electrons. The van der Waals surface area contributed by atoms with Gasteiger partial charge in [0.15, 0.2) is 0 Å². The Morgan fingerprint density at radius 2 is 1.67 bits per heavy atom. The first-order valence-electron chi connectivity index (χ1n) is 13.4. The molecular weight excluding hydrogens is 644 g/mol. The molecule has 3 heterocycles. The zero-order chi connectivity index (χ0) is 30.1. The zero-order valence-electron chi connectivity index (χ0n) is 23.1. The van der Waals surface area contributed by atoms with E-state index in [0.29, 0.717) is 41.9 Å². The van der Waals surface area contributed by atoms with Crippen molar-refractivity contribution in [2.75, 3.05) is 13.1 Å². The molecule has 42 heavy (non-hydrogen) atoms. The number of pyridine rings is 1. The Bertz CT molecular complexity index is 1800. The van der Waals surface area contributed by atoms with Crippen molar-refractivity contribution >= 4 is 52.9 Å². The molecule has 5 rings (SSSR count). The maximum Gasteiger partial charge on any atom is 0.264 e. The summed E-state index contributed by atoms with van der Waals surface area (Å²) in [5.74, 6) is -0.612. The topological polar surface area (TPSA) is 128 Å². The van der Waals surface area contributed by atoms with Crippen LogP contribution in [0.15, 0.2) is 82.4 Å². The third-order valence-electron chi connectivity index (χ3n) is 7.04. The quantitative estimate of drug-likeness (QED) is 0.251. The van der Waals surface area contributed by atoms with Gasteiger partial charge in [-0.3, -0.25) is 4.79 Å². The van der Waals surface area contributed by atoms with Gasteiger partial charge in [0, 0.05) is 30.2 Å². The highest BCUT2D eigenvalue weighted by Gasteiger charge is 2.32. The van der Waals surface area contributed by atoms with Crippen molar-refractivity contribution in [2.45, 2.75) is 49.5 Å². The van der Waals surface area contributed by atoms with Gasteiger partial charge >= 0.3 is 0 Å². The Kier molecular flexibility index (Phi) is 8.74. The number of carbonyl (C=O) groups is 1. The maximum absolute atomic E-state index is 13.3. The number of hydrogen-bond acceptors (Lipinski definition) is 7. The van der Waals surface area contributed by atoms with Gasteiger partial charge in [-0.25, -0.2) is 26.5 Å². The molecule has 13 heteroatoms. The van der Waals surface area contributed by atoms with Crippen LogP contribution < -0.4 is 9.46 Å². The molecule has 0 saturated carbocycles. The van der Waals surface area contributed by atoms with Gasteiger partial charge in [-0.1, -0.05) is 18.2 Å². The molecule has 1 aliphatic rings. The lowest BCUT2D eigenvalue weighted by Gasteiger charge is -2.31. The number of amides is 1. The minimum absolute atomic E-state index is 0.00777. The lowest BCUT2D eigenvalue weighted by molar-refractivity contribution is 0.0981. The SMILES string of the molecule is CC(C)Oc1ccc(S(=O)(=O)N2CCC(c3cn(CS(=O)(=O)NC(=O)c4ccccc4)c4nc(Br)ccc34)CC2)cc1. The number of nitrogens with one attached hydrogen (secondary N) is 1. The average Bonchev–Trinajstić information content (AvgIpc) is 3.29. The molecule has 2 aromatic carbocycles. The maximum atomic E-state index is 13.3. The molecule has 0 bridgehead atoms. The number of carbonyl (C=O) groups excluding carboxylic acids is 1. The lowest BCUT2D eigenvalue weighted by atomic mass is 9.90. The summed E-state index contributed by atoms with van der Waals surface area (Å²) in [6.07, 6.45) is 2.85. The van der Waals surface area contributed by atoms with Crippen molar-refractivity contribution in [1.82, 2.24) is 18.6 Å². The fourth-order valence-corrected chi connectivity index (χ4v) is 7.91. The lowest BCUT2D eigenvalue weighted by Crippen LogP contribution is -2.37. The molecule has 0 spiro atoms. The average molecular weight is 676 g/mol. The molecule has 0 aliphatic carbocycles. The summed E-state index contributed by atoms with van der Waals surface area (Å²) in [7, 11) is -7.74. The number of benzene rings is 2. The third kappa shape index (κ3) is 6.69. The van der Waals surface area contributed by atoms with E-state index in [1.54, 1.807) is 54.7 Å². The number of fused-ring (bicyclic) bond motifs is 1. The number of ether oxygens (including phenoxy) is 1. The minimum Gasteiger partial charge on any atom is -0.491 e. The number of halogens is 1. The predicted octanol–water partition coefficient (Wildman–Crippen LogP) is 4.87. The summed E-state index contributed by atoms with van der Waals surface area (Å²) in [4.78, 5) is 17.2. The molecule has 1 fully saturated rings. The van der Waals surface area contributed by atoms with Crippen LogP contribution in [0, 0.1) is 0 Å². The molecule has 0 atom stereocenters. The summed E-state index contributed by atoms with van der Waals surface area (Å²) >= 11 is 3.37. The minimum atomic E-state index is -4.06. The van der Waals surface area contributed by atoms with Crippen molar-refractivity contribution < 1.29 is 26.4 Å². The third-order valence-corrected chi connectivity index (χ3v) is 10.5. The monoisotopic (exact) mass is 674 g/mol. The van der Waals surface area contributed by atoms with E-state index in [2.05, 4.69) is 25.6 Å². The number of hydrogen-bond donors (Lipinski definition) is 1. The molecule has 0 unspecified atom stereocenters. The van der Waals surface area contributed by atoms with E-state index < -0.39 is 31.8 Å². The Labute approximate surface area is 253 Å². The van der Waals surface area contributed by atoms with Crippen LogP contribution >= 0.6 is 15.9 Å². The molecule has 2 aromatic heterocycles. The highest BCUT2D eigenvalue weighted by molar-refractivity contribution is 9.10. The van der Waals surface area contributed by atoms with E-state index in [0.717, 1.165) is 10.9 Å². The molecule has 1 saturated heterocycles. The van der Waals surface area contributed by atoms with Crippen molar-refractivity contribution in [2.24, 2.45) is 0 Å². The van der Waals surface area contributed by atoms with Crippen molar-refractivity contribution in [1.29, 1.82) is 0 Å². The molecule has 1 N–H and O–H groups in total. The number of nitrogens with zero attached hydrogens (tertiary/aromatic N) is 3. The second-order valence-corrected chi connectivity index (χ2v) is 14.9.